The Labute approximate surface area is 95.9 Å². The van der Waals surface area contributed by atoms with Crippen molar-refractivity contribution in [3.63, 3.8) is 0 Å². The summed E-state index contributed by atoms with van der Waals surface area (Å²) in [5, 5.41) is 6.76. The lowest BCUT2D eigenvalue weighted by atomic mass is 10.2. The molecule has 0 saturated carbocycles. The first kappa shape index (κ1) is 12.6. The van der Waals surface area contributed by atoms with E-state index >= 15 is 0 Å². The molecule has 0 aromatic carbocycles. The molecule has 0 amide bonds. The maximum atomic E-state index is 5.16. The molecular weight excluding hydrogens is 208 g/mol. The fraction of sp³-hybridized carbons (Fsp3) is 0.727. The first-order valence-electron chi connectivity index (χ1n) is 5.34. The molecule has 0 aliphatic rings. The van der Waals surface area contributed by atoms with Crippen molar-refractivity contribution in [3.8, 4) is 0 Å². The van der Waals surface area contributed by atoms with Crippen LogP contribution in [0.3, 0.4) is 0 Å². The highest BCUT2D eigenvalue weighted by Crippen LogP contribution is 2.16. The molecule has 1 heterocycles. The van der Waals surface area contributed by atoms with Crippen LogP contribution < -0.4 is 5.32 Å². The largest absolute Gasteiger partial charge is 0.383 e. The highest BCUT2D eigenvalue weighted by Gasteiger charge is 2.13. The Morgan fingerprint density at radius 2 is 2.33 bits per heavy atom. The topological polar surface area (TPSA) is 34.1 Å². The summed E-state index contributed by atoms with van der Waals surface area (Å²) in [5.74, 6) is 0. The van der Waals surface area contributed by atoms with E-state index in [2.05, 4.69) is 29.5 Å². The zero-order chi connectivity index (χ0) is 11.3. The van der Waals surface area contributed by atoms with Gasteiger partial charge in [-0.15, -0.1) is 11.3 Å². The molecular formula is C11H20N2OS. The minimum Gasteiger partial charge on any atom is -0.383 e. The van der Waals surface area contributed by atoms with Crippen molar-refractivity contribution in [1.82, 2.24) is 10.3 Å². The van der Waals surface area contributed by atoms with E-state index in [0.717, 1.165) is 23.7 Å². The summed E-state index contributed by atoms with van der Waals surface area (Å²) in [6.45, 7) is 7.10. The lowest BCUT2D eigenvalue weighted by molar-refractivity contribution is 0.159. The Morgan fingerprint density at radius 1 is 1.60 bits per heavy atom. The molecule has 2 unspecified atom stereocenters. The third-order valence-corrected chi connectivity index (χ3v) is 3.22. The molecule has 15 heavy (non-hydrogen) atoms. The van der Waals surface area contributed by atoms with Crippen LogP contribution in [0.4, 0.5) is 0 Å². The van der Waals surface area contributed by atoms with Crippen molar-refractivity contribution in [2.75, 3.05) is 13.7 Å². The van der Waals surface area contributed by atoms with Gasteiger partial charge >= 0.3 is 0 Å². The maximum absolute atomic E-state index is 5.16. The van der Waals surface area contributed by atoms with Gasteiger partial charge in [-0.1, -0.05) is 6.92 Å². The lowest BCUT2D eigenvalue weighted by Gasteiger charge is -2.20. The summed E-state index contributed by atoms with van der Waals surface area (Å²) in [6.07, 6.45) is 1.07. The summed E-state index contributed by atoms with van der Waals surface area (Å²) in [4.78, 5) is 4.47. The molecule has 1 rings (SSSR count). The monoisotopic (exact) mass is 228 g/mol. The molecule has 0 aliphatic carbocycles. The van der Waals surface area contributed by atoms with Crippen molar-refractivity contribution in [2.24, 2.45) is 0 Å². The predicted molar refractivity (Wildman–Crippen MR) is 64.4 cm³/mol. The predicted octanol–water partition coefficient (Wildman–Crippen LogP) is 2.53. The number of methoxy groups -OCH3 is 1. The van der Waals surface area contributed by atoms with Gasteiger partial charge in [-0.05, 0) is 20.3 Å². The maximum Gasteiger partial charge on any atom is 0.0898 e. The van der Waals surface area contributed by atoms with Crippen molar-refractivity contribution >= 4 is 11.3 Å². The van der Waals surface area contributed by atoms with Crippen molar-refractivity contribution in [2.45, 2.75) is 39.3 Å². The second-order valence-electron chi connectivity index (χ2n) is 3.74. The fourth-order valence-corrected chi connectivity index (χ4v) is 2.21. The summed E-state index contributed by atoms with van der Waals surface area (Å²) in [5.41, 5.74) is 1.13. The Hall–Kier alpha value is -0.450. The van der Waals surface area contributed by atoms with Gasteiger partial charge in [0, 0.05) is 24.6 Å². The van der Waals surface area contributed by atoms with Gasteiger partial charge in [-0.3, -0.25) is 0 Å². The van der Waals surface area contributed by atoms with E-state index in [9.17, 15) is 0 Å². The van der Waals surface area contributed by atoms with Gasteiger partial charge in [0.25, 0.3) is 0 Å². The van der Waals surface area contributed by atoms with Gasteiger partial charge in [0.2, 0.25) is 0 Å². The van der Waals surface area contributed by atoms with Crippen molar-refractivity contribution in [3.05, 3.63) is 16.1 Å². The van der Waals surface area contributed by atoms with Crippen molar-refractivity contribution in [1.29, 1.82) is 0 Å². The number of nitrogens with one attached hydrogen (secondary N) is 1. The van der Waals surface area contributed by atoms with Crippen molar-refractivity contribution < 1.29 is 4.74 Å². The molecule has 3 nitrogen and oxygen atoms in total. The van der Waals surface area contributed by atoms with Crippen LogP contribution in [0, 0.1) is 6.92 Å². The molecule has 4 heteroatoms. The molecule has 2 atom stereocenters. The van der Waals surface area contributed by atoms with E-state index in [-0.39, 0.29) is 0 Å². The van der Waals surface area contributed by atoms with E-state index in [0.29, 0.717) is 12.1 Å². The number of aryl methyl sites for hydroxylation is 1. The number of nitrogens with zero attached hydrogens (tertiary/aromatic N) is 1. The van der Waals surface area contributed by atoms with Crippen LogP contribution >= 0.6 is 11.3 Å². The molecule has 1 N–H and O–H groups in total. The molecule has 0 fully saturated rings. The van der Waals surface area contributed by atoms with Gasteiger partial charge in [0.1, 0.15) is 0 Å². The van der Waals surface area contributed by atoms with Crippen LogP contribution in [0.25, 0.3) is 0 Å². The average Bonchev–Trinajstić information content (AvgIpc) is 2.64. The van der Waals surface area contributed by atoms with Crippen LogP contribution in [-0.2, 0) is 4.74 Å². The first-order chi connectivity index (χ1) is 7.17. The number of aromatic nitrogens is 1. The number of rotatable bonds is 6. The zero-order valence-electron chi connectivity index (χ0n) is 9.91. The summed E-state index contributed by atoms with van der Waals surface area (Å²) < 4.78 is 5.16. The molecule has 1 aromatic rings. The van der Waals surface area contributed by atoms with Gasteiger partial charge < -0.3 is 10.1 Å². The highest BCUT2D eigenvalue weighted by molar-refractivity contribution is 7.09. The smallest absolute Gasteiger partial charge is 0.0898 e. The second kappa shape index (κ2) is 6.20. The van der Waals surface area contributed by atoms with Crippen LogP contribution in [0.15, 0.2) is 5.38 Å². The zero-order valence-corrected chi connectivity index (χ0v) is 10.7. The average molecular weight is 228 g/mol. The van der Waals surface area contributed by atoms with Gasteiger partial charge in [-0.25, -0.2) is 4.98 Å². The summed E-state index contributed by atoms with van der Waals surface area (Å²) >= 11 is 1.70. The second-order valence-corrected chi connectivity index (χ2v) is 4.80. The fourth-order valence-electron chi connectivity index (χ4n) is 1.50. The number of hydrogen-bond acceptors (Lipinski definition) is 4. The Kier molecular flexibility index (Phi) is 5.22. The lowest BCUT2D eigenvalue weighted by Crippen LogP contribution is -2.34. The first-order valence-corrected chi connectivity index (χ1v) is 6.22. The molecule has 1 aromatic heterocycles. The van der Waals surface area contributed by atoms with Gasteiger partial charge in [-0.2, -0.15) is 0 Å². The number of hydrogen-bond donors (Lipinski definition) is 1. The van der Waals surface area contributed by atoms with Crippen LogP contribution in [0.2, 0.25) is 0 Å². The van der Waals surface area contributed by atoms with E-state index in [1.54, 1.807) is 18.4 Å². The molecule has 0 spiro atoms. The standard InChI is InChI=1S/C11H20N2OS/c1-5-10(6-14-4)12-8(2)11-7-15-9(3)13-11/h7-8,10,12H,5-6H2,1-4H3. The summed E-state index contributed by atoms with van der Waals surface area (Å²) in [7, 11) is 1.74. The Balaban J connectivity index is 2.50. The molecule has 0 aliphatic heterocycles. The minimum atomic E-state index is 0.301. The third kappa shape index (κ3) is 3.89. The molecule has 0 radical (unpaired) electrons. The van der Waals surface area contributed by atoms with Crippen LogP contribution in [-0.4, -0.2) is 24.7 Å². The van der Waals surface area contributed by atoms with E-state index < -0.39 is 0 Å². The molecule has 86 valence electrons. The number of thiazole rings is 1. The molecule has 0 bridgehead atoms. The Bertz CT molecular complexity index is 288. The van der Waals surface area contributed by atoms with E-state index in [4.69, 9.17) is 4.74 Å². The normalized spacial score (nSPS) is 15.2. The molecule has 0 saturated heterocycles. The minimum absolute atomic E-state index is 0.301. The SMILES string of the molecule is CCC(COC)NC(C)c1csc(C)n1. The quantitative estimate of drug-likeness (QED) is 0.812. The van der Waals surface area contributed by atoms with E-state index in [1.165, 1.54) is 0 Å². The number of ether oxygens (including phenoxy) is 1. The van der Waals surface area contributed by atoms with Gasteiger partial charge in [0.05, 0.1) is 17.3 Å². The van der Waals surface area contributed by atoms with Gasteiger partial charge in [0.15, 0.2) is 0 Å². The van der Waals surface area contributed by atoms with E-state index in [1.807, 2.05) is 6.92 Å². The Morgan fingerprint density at radius 3 is 2.80 bits per heavy atom. The van der Waals surface area contributed by atoms with Crippen LogP contribution in [0.5, 0.6) is 0 Å². The summed E-state index contributed by atoms with van der Waals surface area (Å²) in [6, 6.07) is 0.710. The van der Waals surface area contributed by atoms with Crippen LogP contribution in [0.1, 0.15) is 37.0 Å². The third-order valence-electron chi connectivity index (χ3n) is 2.43. The highest BCUT2D eigenvalue weighted by atomic mass is 32.1.